The molecule has 1 aliphatic heterocycles. The van der Waals surface area contributed by atoms with Crippen LogP contribution in [0.4, 0.5) is 5.69 Å². The number of rotatable bonds is 4. The van der Waals surface area contributed by atoms with Gasteiger partial charge in [-0.05, 0) is 43.4 Å². The molecule has 0 aliphatic carbocycles. The number of guanidine groups is 1. The molecule has 1 amide bonds. The van der Waals surface area contributed by atoms with E-state index in [2.05, 4.69) is 9.89 Å². The first-order chi connectivity index (χ1) is 11.3. The Kier molecular flexibility index (Phi) is 5.48. The summed E-state index contributed by atoms with van der Waals surface area (Å²) in [6.45, 7) is 3.44. The van der Waals surface area contributed by atoms with Gasteiger partial charge < -0.3 is 16.4 Å². The average molecular weight is 352 g/mol. The zero-order valence-corrected chi connectivity index (χ0v) is 14.9. The zero-order valence-electron chi connectivity index (χ0n) is 14.1. The van der Waals surface area contributed by atoms with Crippen molar-refractivity contribution in [3.63, 3.8) is 0 Å². The fourth-order valence-electron chi connectivity index (χ4n) is 3.14. The van der Waals surface area contributed by atoms with E-state index in [1.54, 1.807) is 12.1 Å². The van der Waals surface area contributed by atoms with Crippen LogP contribution in [0, 0.1) is 0 Å². The Morgan fingerprint density at radius 2 is 1.83 bits per heavy atom. The van der Waals surface area contributed by atoms with Crippen molar-refractivity contribution in [2.24, 2.45) is 16.5 Å². The van der Waals surface area contributed by atoms with E-state index in [1.807, 2.05) is 6.92 Å². The topological polar surface area (TPSA) is 119 Å². The molecule has 132 valence electrons. The van der Waals surface area contributed by atoms with Crippen molar-refractivity contribution in [1.29, 1.82) is 0 Å². The number of anilines is 1. The van der Waals surface area contributed by atoms with Crippen molar-refractivity contribution < 1.29 is 13.2 Å². The molecule has 0 unspecified atom stereocenters. The van der Waals surface area contributed by atoms with Crippen molar-refractivity contribution in [3.05, 3.63) is 23.3 Å². The molecule has 1 aromatic rings. The predicted molar refractivity (Wildman–Crippen MR) is 95.1 cm³/mol. The summed E-state index contributed by atoms with van der Waals surface area (Å²) in [7, 11) is -3.51. The average Bonchev–Trinajstić information content (AvgIpc) is 2.52. The lowest BCUT2D eigenvalue weighted by Crippen LogP contribution is -2.31. The van der Waals surface area contributed by atoms with Crippen LogP contribution in [0.25, 0.3) is 0 Å². The third kappa shape index (κ3) is 3.87. The molecule has 0 aromatic heterocycles. The fraction of sp³-hybridized carbons (Fsp3) is 0.500. The monoisotopic (exact) mass is 352 g/mol. The van der Waals surface area contributed by atoms with Crippen LogP contribution in [0.15, 0.2) is 22.0 Å². The first kappa shape index (κ1) is 18.3. The summed E-state index contributed by atoms with van der Waals surface area (Å²) in [5.74, 6) is -0.968. The largest absolute Gasteiger partial charge is 0.370 e. The zero-order chi connectivity index (χ0) is 17.9. The Labute approximate surface area is 142 Å². The van der Waals surface area contributed by atoms with Gasteiger partial charge in [0, 0.05) is 24.9 Å². The lowest BCUT2D eigenvalue weighted by molar-refractivity contribution is 0.100. The summed E-state index contributed by atoms with van der Waals surface area (Å²) in [6.07, 6.45) is 4.76. The van der Waals surface area contributed by atoms with E-state index in [4.69, 9.17) is 11.5 Å². The maximum Gasteiger partial charge on any atom is 0.280 e. The second-order valence-corrected chi connectivity index (χ2v) is 7.91. The summed E-state index contributed by atoms with van der Waals surface area (Å²) in [5.41, 5.74) is 11.9. The van der Waals surface area contributed by atoms with E-state index in [1.165, 1.54) is 6.26 Å². The highest BCUT2D eigenvalue weighted by molar-refractivity contribution is 7.91. The van der Waals surface area contributed by atoms with Gasteiger partial charge in [-0.25, -0.2) is 8.42 Å². The fourth-order valence-corrected chi connectivity index (χ4v) is 4.42. The number of nitrogens with zero attached hydrogens (tertiary/aromatic N) is 2. The van der Waals surface area contributed by atoms with Gasteiger partial charge in [0.05, 0.1) is 10.6 Å². The predicted octanol–water partition coefficient (Wildman–Crippen LogP) is 1.06. The van der Waals surface area contributed by atoms with Crippen LogP contribution in [0.2, 0.25) is 0 Å². The minimum Gasteiger partial charge on any atom is -0.370 e. The van der Waals surface area contributed by atoms with Gasteiger partial charge >= 0.3 is 0 Å². The van der Waals surface area contributed by atoms with Crippen LogP contribution in [0.1, 0.15) is 42.1 Å². The number of hydrogen-bond donors (Lipinski definition) is 2. The van der Waals surface area contributed by atoms with E-state index in [0.29, 0.717) is 17.7 Å². The Morgan fingerprint density at radius 3 is 2.33 bits per heavy atom. The van der Waals surface area contributed by atoms with Crippen molar-refractivity contribution in [2.75, 3.05) is 24.2 Å². The molecule has 0 saturated carbocycles. The van der Waals surface area contributed by atoms with Gasteiger partial charge in [0.1, 0.15) is 0 Å². The molecule has 0 bridgehead atoms. The van der Waals surface area contributed by atoms with Gasteiger partial charge in [-0.3, -0.25) is 4.79 Å². The van der Waals surface area contributed by atoms with Crippen molar-refractivity contribution in [2.45, 2.75) is 37.5 Å². The molecule has 0 atom stereocenters. The van der Waals surface area contributed by atoms with Crippen LogP contribution in [0.3, 0.4) is 0 Å². The third-order valence-electron chi connectivity index (χ3n) is 4.12. The SMILES string of the molecule is CCc1c(C(=O)N=C(N)N)ccc(N2CCCCC2)c1S(C)(=O)=O. The lowest BCUT2D eigenvalue weighted by Gasteiger charge is -2.31. The van der Waals surface area contributed by atoms with E-state index in [-0.39, 0.29) is 16.4 Å². The molecule has 24 heavy (non-hydrogen) atoms. The van der Waals surface area contributed by atoms with Gasteiger partial charge in [0.15, 0.2) is 15.8 Å². The number of aliphatic imine (C=N–C) groups is 1. The minimum atomic E-state index is -3.51. The number of carbonyl (C=O) groups excluding carboxylic acids is 1. The maximum absolute atomic E-state index is 12.4. The standard InChI is InChI=1S/C16H24N4O3S/c1-3-11-12(15(21)19-16(17)18)7-8-13(14(11)24(2,22)23)20-9-5-4-6-10-20/h7-8H,3-6,9-10H2,1-2H3,(H4,17,18,19,21). The number of sulfone groups is 1. The van der Waals surface area contributed by atoms with E-state index >= 15 is 0 Å². The van der Waals surface area contributed by atoms with Crippen LogP contribution < -0.4 is 16.4 Å². The number of hydrogen-bond acceptors (Lipinski definition) is 4. The third-order valence-corrected chi connectivity index (χ3v) is 5.32. The van der Waals surface area contributed by atoms with E-state index in [0.717, 1.165) is 32.4 Å². The smallest absolute Gasteiger partial charge is 0.280 e. The van der Waals surface area contributed by atoms with E-state index < -0.39 is 15.7 Å². The van der Waals surface area contributed by atoms with Crippen molar-refractivity contribution in [3.8, 4) is 0 Å². The first-order valence-electron chi connectivity index (χ1n) is 8.00. The molecule has 2 rings (SSSR count). The molecule has 8 heteroatoms. The second-order valence-electron chi connectivity index (χ2n) is 5.96. The molecule has 1 heterocycles. The molecule has 1 aliphatic rings. The van der Waals surface area contributed by atoms with Gasteiger partial charge in [-0.2, -0.15) is 4.99 Å². The Hall–Kier alpha value is -2.09. The summed E-state index contributed by atoms with van der Waals surface area (Å²) in [4.78, 5) is 18.1. The quantitative estimate of drug-likeness (QED) is 0.618. The molecule has 1 saturated heterocycles. The molecule has 7 nitrogen and oxygen atoms in total. The molecule has 0 radical (unpaired) electrons. The maximum atomic E-state index is 12.4. The molecule has 0 spiro atoms. The Morgan fingerprint density at radius 1 is 1.21 bits per heavy atom. The normalized spacial score (nSPS) is 15.2. The van der Waals surface area contributed by atoms with Crippen LogP contribution in [-0.2, 0) is 16.3 Å². The highest BCUT2D eigenvalue weighted by atomic mass is 32.2. The second kappa shape index (κ2) is 7.21. The van der Waals surface area contributed by atoms with Gasteiger partial charge in [0.25, 0.3) is 5.91 Å². The van der Waals surface area contributed by atoms with Crippen molar-refractivity contribution >= 4 is 27.4 Å². The van der Waals surface area contributed by atoms with Crippen LogP contribution in [0.5, 0.6) is 0 Å². The minimum absolute atomic E-state index is 0.212. The highest BCUT2D eigenvalue weighted by Gasteiger charge is 2.26. The Bertz CT molecular complexity index is 762. The first-order valence-corrected chi connectivity index (χ1v) is 9.89. The molecular formula is C16H24N4O3S. The van der Waals surface area contributed by atoms with Gasteiger partial charge in [-0.15, -0.1) is 0 Å². The number of benzene rings is 1. The highest BCUT2D eigenvalue weighted by Crippen LogP contribution is 2.33. The Balaban J connectivity index is 2.67. The van der Waals surface area contributed by atoms with Gasteiger partial charge in [0.2, 0.25) is 0 Å². The number of amides is 1. The number of piperidine rings is 1. The van der Waals surface area contributed by atoms with E-state index in [9.17, 15) is 13.2 Å². The molecular weight excluding hydrogens is 328 g/mol. The molecule has 4 N–H and O–H groups in total. The molecule has 1 aromatic carbocycles. The summed E-state index contributed by atoms with van der Waals surface area (Å²) < 4.78 is 24.9. The van der Waals surface area contributed by atoms with Crippen LogP contribution in [-0.4, -0.2) is 39.6 Å². The van der Waals surface area contributed by atoms with Crippen molar-refractivity contribution in [1.82, 2.24) is 0 Å². The summed E-state index contributed by atoms with van der Waals surface area (Å²) in [6, 6.07) is 3.31. The lowest BCUT2D eigenvalue weighted by atomic mass is 10.0. The number of carbonyl (C=O) groups is 1. The molecule has 1 fully saturated rings. The summed E-state index contributed by atoms with van der Waals surface area (Å²) in [5, 5.41) is 0. The summed E-state index contributed by atoms with van der Waals surface area (Å²) >= 11 is 0. The van der Waals surface area contributed by atoms with Crippen LogP contribution >= 0.6 is 0 Å². The number of nitrogens with two attached hydrogens (primary N) is 2. The van der Waals surface area contributed by atoms with Gasteiger partial charge in [-0.1, -0.05) is 6.92 Å².